The molecule has 0 N–H and O–H groups in total. The molecule has 0 aliphatic carbocycles. The zero-order chi connectivity index (χ0) is 53.5. The zero-order valence-electron chi connectivity index (χ0n) is 42.8. The van der Waals surface area contributed by atoms with Crippen molar-refractivity contribution in [3.8, 4) is 0 Å². The molecule has 0 bridgehead atoms. The van der Waals surface area contributed by atoms with E-state index in [2.05, 4.69) is 0 Å². The molecule has 412 valence electrons. The highest BCUT2D eigenvalue weighted by atomic mass is 16.9. The number of carbonyl (C=O) groups excluding carboxylic acids is 7. The summed E-state index contributed by atoms with van der Waals surface area (Å²) in [6.07, 6.45) is -23.5. The molecule has 0 aromatic carbocycles. The fourth-order valence-electron chi connectivity index (χ4n) is 9.72. The average Bonchev–Trinajstić information content (AvgIpc) is 3.97. The minimum Gasteiger partial charge on any atom is -0.463 e. The van der Waals surface area contributed by atoms with Crippen LogP contribution in [0.1, 0.15) is 90.0 Å². The summed E-state index contributed by atoms with van der Waals surface area (Å²) in [5, 5.41) is 0. The largest absolute Gasteiger partial charge is 0.463 e. The minimum atomic E-state index is -1.63. The molecule has 7 heterocycles. The van der Waals surface area contributed by atoms with Gasteiger partial charge in [-0.25, -0.2) is 0 Å². The van der Waals surface area contributed by atoms with E-state index in [1.54, 1.807) is 41.5 Å². The number of carbonyl (C=O) groups is 7. The van der Waals surface area contributed by atoms with Crippen LogP contribution in [0.2, 0.25) is 0 Å². The van der Waals surface area contributed by atoms with Crippen molar-refractivity contribution in [3.05, 3.63) is 0 Å². The maximum absolute atomic E-state index is 12.6. The molecule has 0 spiro atoms. The lowest BCUT2D eigenvalue weighted by atomic mass is 9.97. The maximum atomic E-state index is 12.6. The van der Waals surface area contributed by atoms with Gasteiger partial charge in [-0.2, -0.15) is 0 Å². The quantitative estimate of drug-likeness (QED) is 0.140. The predicted molar refractivity (Wildman–Crippen MR) is 230 cm³/mol. The topological polar surface area (TPSA) is 304 Å². The van der Waals surface area contributed by atoms with Crippen LogP contribution in [0.4, 0.5) is 0 Å². The Kier molecular flexibility index (Phi) is 17.4. The third-order valence-electron chi connectivity index (χ3n) is 12.1. The van der Waals surface area contributed by atoms with Gasteiger partial charge in [0.15, 0.2) is 73.0 Å². The van der Waals surface area contributed by atoms with Gasteiger partial charge >= 0.3 is 41.8 Å². The van der Waals surface area contributed by atoms with E-state index in [9.17, 15) is 33.6 Å². The monoisotopic (exact) mass is 1050 g/mol. The van der Waals surface area contributed by atoms with E-state index in [4.69, 9.17) is 94.7 Å². The molecule has 73 heavy (non-hydrogen) atoms. The molecule has 7 aliphatic rings. The van der Waals surface area contributed by atoms with Gasteiger partial charge in [0.25, 0.3) is 0 Å². The van der Waals surface area contributed by atoms with E-state index in [0.717, 1.165) is 41.5 Å². The van der Waals surface area contributed by atoms with Crippen LogP contribution in [0.25, 0.3) is 0 Å². The summed E-state index contributed by atoms with van der Waals surface area (Å²) >= 11 is 0. The molecule has 0 amide bonds. The number of hydrogen-bond donors (Lipinski definition) is 0. The van der Waals surface area contributed by atoms with Gasteiger partial charge in [0.2, 0.25) is 0 Å². The van der Waals surface area contributed by atoms with Gasteiger partial charge in [0.1, 0.15) is 74.3 Å². The number of fused-ring (bicyclic) bond motifs is 4. The highest BCUT2D eigenvalue weighted by molar-refractivity contribution is 5.69. The fraction of sp³-hybridized carbons (Fsp3) is 0.848. The molecule has 7 rings (SSSR count). The van der Waals surface area contributed by atoms with Crippen molar-refractivity contribution >= 4 is 41.8 Å². The van der Waals surface area contributed by atoms with Crippen molar-refractivity contribution in [2.45, 2.75) is 224 Å². The second-order valence-corrected chi connectivity index (χ2v) is 19.6. The maximum Gasteiger partial charge on any atom is 0.303 e. The Hall–Kier alpha value is -4.23. The van der Waals surface area contributed by atoms with E-state index in [-0.39, 0.29) is 6.61 Å². The third-order valence-corrected chi connectivity index (χ3v) is 12.1. The van der Waals surface area contributed by atoms with E-state index >= 15 is 0 Å². The van der Waals surface area contributed by atoms with Crippen LogP contribution >= 0.6 is 0 Å². The second kappa shape index (κ2) is 22.5. The lowest BCUT2D eigenvalue weighted by molar-refractivity contribution is -0.345. The number of esters is 7. The van der Waals surface area contributed by atoms with Gasteiger partial charge in [-0.15, -0.1) is 0 Å². The summed E-state index contributed by atoms with van der Waals surface area (Å²) < 4.78 is 121. The van der Waals surface area contributed by atoms with E-state index in [1.165, 1.54) is 6.92 Å². The summed E-state index contributed by atoms with van der Waals surface area (Å²) in [7, 11) is 0. The molecule has 27 heteroatoms. The lowest BCUT2D eigenvalue weighted by Crippen LogP contribution is -2.64. The standard InChI is InChI=1S/C46H66O27/c1-18(47)54-14-25-29(58-20(3)49)33(60-22(5)51)37(62-24(7)53)40(63-25)56-16-27-31-34(70-44(8,9)68-31)38(67-42-36(61-23(6)52)30(59-21(4)50)26(65-42)15-55-19(2)48)41(64-27)57-17-28-32-35(71-45(10,11)69-32)39-43(66-28)73-46(12,13)72-39/h25-43H,14-17H2,1-13H3/t25-,26+,27-,28-,29+,30+,31+,32+,33+,34+,35+,36-,37-,38-,39-,40-,41-,42+,43-/m1/s1. The molecule has 7 aliphatic heterocycles. The lowest BCUT2D eigenvalue weighted by Gasteiger charge is -2.46. The first-order chi connectivity index (χ1) is 34.1. The summed E-state index contributed by atoms with van der Waals surface area (Å²) in [6, 6.07) is 0. The first-order valence-electron chi connectivity index (χ1n) is 23.8. The highest BCUT2D eigenvalue weighted by Gasteiger charge is 2.63. The van der Waals surface area contributed by atoms with Crippen molar-refractivity contribution < 1.29 is 128 Å². The Bertz CT molecular complexity index is 2040. The Balaban J connectivity index is 1.23. The predicted octanol–water partition coefficient (Wildman–Crippen LogP) is 0.281. The van der Waals surface area contributed by atoms with Crippen LogP contribution < -0.4 is 0 Å². The molecule has 7 saturated heterocycles. The Morgan fingerprint density at radius 3 is 1.21 bits per heavy atom. The van der Waals surface area contributed by atoms with Crippen LogP contribution in [0.15, 0.2) is 0 Å². The Morgan fingerprint density at radius 1 is 0.342 bits per heavy atom. The van der Waals surface area contributed by atoms with Gasteiger partial charge < -0.3 is 94.7 Å². The Labute approximate surface area is 420 Å². The molecule has 0 aromatic rings. The molecule has 0 unspecified atom stereocenters. The van der Waals surface area contributed by atoms with Gasteiger partial charge in [-0.1, -0.05) is 0 Å². The second-order valence-electron chi connectivity index (χ2n) is 19.6. The van der Waals surface area contributed by atoms with Crippen LogP contribution in [0.3, 0.4) is 0 Å². The third kappa shape index (κ3) is 13.8. The minimum absolute atomic E-state index is 0.295. The van der Waals surface area contributed by atoms with Gasteiger partial charge in [0.05, 0.1) is 13.2 Å². The van der Waals surface area contributed by atoms with Crippen molar-refractivity contribution in [2.75, 3.05) is 26.4 Å². The summed E-state index contributed by atoms with van der Waals surface area (Å²) in [4.78, 5) is 86.5. The van der Waals surface area contributed by atoms with Crippen molar-refractivity contribution in [1.29, 1.82) is 0 Å². The van der Waals surface area contributed by atoms with Gasteiger partial charge in [0, 0.05) is 48.5 Å². The molecule has 19 atom stereocenters. The number of hydrogen-bond acceptors (Lipinski definition) is 27. The molecule has 0 saturated carbocycles. The van der Waals surface area contributed by atoms with Crippen LogP contribution in [-0.4, -0.2) is 202 Å². The summed E-state index contributed by atoms with van der Waals surface area (Å²) in [5.74, 6) is -9.00. The fourth-order valence-corrected chi connectivity index (χ4v) is 9.72. The summed E-state index contributed by atoms with van der Waals surface area (Å²) in [6.45, 7) is 16.2. The summed E-state index contributed by atoms with van der Waals surface area (Å²) in [5.41, 5.74) is 0. The average molecular weight is 1050 g/mol. The molecule has 27 nitrogen and oxygen atoms in total. The number of ether oxygens (including phenoxy) is 20. The zero-order valence-corrected chi connectivity index (χ0v) is 42.8. The van der Waals surface area contributed by atoms with Crippen LogP contribution in [0.5, 0.6) is 0 Å². The first-order valence-corrected chi connectivity index (χ1v) is 23.8. The van der Waals surface area contributed by atoms with E-state index < -0.39 is 196 Å². The van der Waals surface area contributed by atoms with E-state index in [1.807, 2.05) is 0 Å². The van der Waals surface area contributed by atoms with E-state index in [0.29, 0.717) is 0 Å². The molecule has 0 aromatic heterocycles. The van der Waals surface area contributed by atoms with Gasteiger partial charge in [-0.05, 0) is 41.5 Å². The molecule has 7 fully saturated rings. The Morgan fingerprint density at radius 2 is 0.699 bits per heavy atom. The van der Waals surface area contributed by atoms with Gasteiger partial charge in [-0.3, -0.25) is 33.6 Å². The molecular weight excluding hydrogens is 984 g/mol. The van der Waals surface area contributed by atoms with Crippen LogP contribution in [0, 0.1) is 0 Å². The first kappa shape index (κ1) is 56.5. The molecular formula is C46H66O27. The van der Waals surface area contributed by atoms with Crippen molar-refractivity contribution in [1.82, 2.24) is 0 Å². The normalized spacial score (nSPS) is 39.7. The number of rotatable bonds is 17. The highest BCUT2D eigenvalue weighted by Crippen LogP contribution is 2.46. The molecule has 0 radical (unpaired) electrons. The van der Waals surface area contributed by atoms with Crippen LogP contribution in [-0.2, 0) is 128 Å². The van der Waals surface area contributed by atoms with Crippen molar-refractivity contribution in [2.24, 2.45) is 0 Å². The SMILES string of the molecule is CC(=O)OC[C@@H]1O[C@@H](O[C@H]2[C@H](OC[C@H]3O[C@@H]4OC(C)(C)O[C@@H]4[C@H]4OC(C)(C)O[C@H]43)O[C@H](CO[C@@H]3O[C@H](COC(C)=O)[C@H](OC(C)=O)[C@H](OC(C)=O)[C@H]3OC(C)=O)[C@@H]3OC(C)(C)O[C@@H]32)[C@H](OC(C)=O)[C@H]1OC(C)=O. The van der Waals surface area contributed by atoms with Crippen molar-refractivity contribution in [3.63, 3.8) is 0 Å². The smallest absolute Gasteiger partial charge is 0.303 e.